The Morgan fingerprint density at radius 2 is 2.06 bits per heavy atom. The normalized spacial score (nSPS) is 12.8. The minimum Gasteiger partial charge on any atom is -0.265 e. The van der Waals surface area contributed by atoms with Crippen LogP contribution in [0, 0.1) is 0 Å². The quantitative estimate of drug-likeness (QED) is 0.769. The molecule has 0 unspecified atom stereocenters. The number of aromatic nitrogens is 1. The fraction of sp³-hybridized carbons (Fsp3) is 0.375. The highest BCUT2D eigenvalue weighted by Crippen LogP contribution is 2.27. The van der Waals surface area contributed by atoms with E-state index in [1.54, 1.807) is 0 Å². The molecule has 90 valence electrons. The predicted molar refractivity (Wildman–Crippen MR) is 48.9 cm³/mol. The molecule has 4 nitrogen and oxygen atoms in total. The van der Waals surface area contributed by atoms with Gasteiger partial charge in [0.05, 0.1) is 12.9 Å². The molecule has 1 rings (SSSR count). The predicted octanol–water partition coefficient (Wildman–Crippen LogP) is 1.58. The molecule has 0 saturated carbocycles. The third kappa shape index (κ3) is 4.15. The summed E-state index contributed by atoms with van der Waals surface area (Å²) in [7, 11) is -3.67. The first kappa shape index (κ1) is 12.9. The number of hydrogen-bond acceptors (Lipinski definition) is 4. The van der Waals surface area contributed by atoms with Crippen molar-refractivity contribution in [3.05, 3.63) is 29.6 Å². The Hall–Kier alpha value is -1.15. The second kappa shape index (κ2) is 4.38. The zero-order valence-corrected chi connectivity index (χ0v) is 8.97. The third-order valence-electron chi connectivity index (χ3n) is 1.55. The molecule has 0 saturated heterocycles. The molecule has 1 aromatic rings. The summed E-state index contributed by atoms with van der Waals surface area (Å²) in [6, 6.07) is 1.99. The Balaban J connectivity index is 2.84. The first-order valence-electron chi connectivity index (χ1n) is 4.05. The fourth-order valence-electron chi connectivity index (χ4n) is 0.894. The molecule has 0 fully saturated rings. The molecule has 0 aliphatic rings. The molecule has 8 heteroatoms. The monoisotopic (exact) mass is 255 g/mol. The van der Waals surface area contributed by atoms with E-state index in [0.29, 0.717) is 0 Å². The standard InChI is InChI=1S/C8H8F3NO3S/c1-16(13,14)15-5-6-2-3-12-7(4-6)8(9,10)11/h2-4H,5H2,1H3. The van der Waals surface area contributed by atoms with E-state index in [1.807, 2.05) is 0 Å². The molecule has 1 aromatic heterocycles. The second-order valence-electron chi connectivity index (χ2n) is 3.01. The first-order valence-corrected chi connectivity index (χ1v) is 5.87. The van der Waals surface area contributed by atoms with Crippen molar-refractivity contribution in [3.63, 3.8) is 0 Å². The van der Waals surface area contributed by atoms with Crippen molar-refractivity contribution in [1.29, 1.82) is 0 Å². The summed E-state index contributed by atoms with van der Waals surface area (Å²) < 4.78 is 62.3. The Morgan fingerprint density at radius 3 is 2.56 bits per heavy atom. The summed E-state index contributed by atoms with van der Waals surface area (Å²) >= 11 is 0. The molecular formula is C8H8F3NO3S. The van der Waals surface area contributed by atoms with E-state index >= 15 is 0 Å². The number of hydrogen-bond donors (Lipinski definition) is 0. The van der Waals surface area contributed by atoms with Crippen LogP contribution in [0.4, 0.5) is 13.2 Å². The summed E-state index contributed by atoms with van der Waals surface area (Å²) in [6.07, 6.45) is -2.79. The lowest BCUT2D eigenvalue weighted by Gasteiger charge is -2.07. The number of alkyl halides is 3. The van der Waals surface area contributed by atoms with Crippen molar-refractivity contribution in [2.45, 2.75) is 12.8 Å². The van der Waals surface area contributed by atoms with Crippen LogP contribution in [0.3, 0.4) is 0 Å². The minimum absolute atomic E-state index is 0.0905. The number of rotatable bonds is 3. The van der Waals surface area contributed by atoms with Crippen molar-refractivity contribution in [2.24, 2.45) is 0 Å². The van der Waals surface area contributed by atoms with Crippen LogP contribution in [0.5, 0.6) is 0 Å². The zero-order valence-electron chi connectivity index (χ0n) is 8.15. The summed E-state index contributed by atoms with van der Waals surface area (Å²) in [6.45, 7) is -0.440. The van der Waals surface area contributed by atoms with Gasteiger partial charge in [0.25, 0.3) is 10.1 Å². The lowest BCUT2D eigenvalue weighted by atomic mass is 10.2. The van der Waals surface area contributed by atoms with E-state index in [4.69, 9.17) is 0 Å². The molecule has 0 amide bonds. The van der Waals surface area contributed by atoms with E-state index in [0.717, 1.165) is 18.5 Å². The van der Waals surface area contributed by atoms with Gasteiger partial charge in [0.1, 0.15) is 5.69 Å². The van der Waals surface area contributed by atoms with Gasteiger partial charge in [-0.2, -0.15) is 21.6 Å². The van der Waals surface area contributed by atoms with Crippen LogP contribution in [-0.2, 0) is 27.1 Å². The van der Waals surface area contributed by atoms with E-state index < -0.39 is 28.6 Å². The van der Waals surface area contributed by atoms with Crippen LogP contribution < -0.4 is 0 Å². The number of pyridine rings is 1. The zero-order chi connectivity index (χ0) is 12.4. The maximum Gasteiger partial charge on any atom is 0.433 e. The van der Waals surface area contributed by atoms with Gasteiger partial charge in [-0.25, -0.2) is 0 Å². The minimum atomic E-state index is -4.55. The molecule has 0 atom stereocenters. The van der Waals surface area contributed by atoms with E-state index in [-0.39, 0.29) is 5.56 Å². The number of halogens is 3. The summed E-state index contributed by atoms with van der Waals surface area (Å²) in [5.74, 6) is 0. The molecule has 0 spiro atoms. The molecule has 0 aromatic carbocycles. The van der Waals surface area contributed by atoms with Crippen molar-refractivity contribution < 1.29 is 25.8 Å². The van der Waals surface area contributed by atoms with Gasteiger partial charge in [-0.15, -0.1) is 0 Å². The van der Waals surface area contributed by atoms with Crippen LogP contribution in [0.1, 0.15) is 11.3 Å². The van der Waals surface area contributed by atoms with Crippen molar-refractivity contribution in [2.75, 3.05) is 6.26 Å². The topological polar surface area (TPSA) is 56.3 Å². The Labute approximate surface area is 90.2 Å². The van der Waals surface area contributed by atoms with Crippen molar-refractivity contribution >= 4 is 10.1 Å². The average Bonchev–Trinajstić information content (AvgIpc) is 2.13. The maximum atomic E-state index is 12.2. The highest BCUT2D eigenvalue weighted by molar-refractivity contribution is 7.85. The van der Waals surface area contributed by atoms with Gasteiger partial charge in [-0.3, -0.25) is 9.17 Å². The van der Waals surface area contributed by atoms with E-state index in [9.17, 15) is 21.6 Å². The van der Waals surface area contributed by atoms with Gasteiger partial charge in [0, 0.05) is 6.20 Å². The smallest absolute Gasteiger partial charge is 0.265 e. The Bertz CT molecular complexity index is 470. The van der Waals surface area contributed by atoms with Crippen LogP contribution in [0.15, 0.2) is 18.3 Å². The Kier molecular flexibility index (Phi) is 3.54. The van der Waals surface area contributed by atoms with Crippen LogP contribution in [0.2, 0.25) is 0 Å². The highest BCUT2D eigenvalue weighted by Gasteiger charge is 2.32. The van der Waals surface area contributed by atoms with Gasteiger partial charge in [0.2, 0.25) is 0 Å². The van der Waals surface area contributed by atoms with Crippen molar-refractivity contribution in [1.82, 2.24) is 4.98 Å². The summed E-state index contributed by atoms with van der Waals surface area (Å²) in [5.41, 5.74) is -0.991. The summed E-state index contributed by atoms with van der Waals surface area (Å²) in [5, 5.41) is 0. The SMILES string of the molecule is CS(=O)(=O)OCc1ccnc(C(F)(F)F)c1. The highest BCUT2D eigenvalue weighted by atomic mass is 32.2. The van der Waals surface area contributed by atoms with Gasteiger partial charge in [-0.1, -0.05) is 0 Å². The van der Waals surface area contributed by atoms with Gasteiger partial charge >= 0.3 is 6.18 Å². The van der Waals surface area contributed by atoms with E-state index in [1.165, 1.54) is 6.07 Å². The van der Waals surface area contributed by atoms with Gasteiger partial charge in [0.15, 0.2) is 0 Å². The molecular weight excluding hydrogens is 247 g/mol. The van der Waals surface area contributed by atoms with Gasteiger partial charge < -0.3 is 0 Å². The lowest BCUT2D eigenvalue weighted by Crippen LogP contribution is -2.09. The van der Waals surface area contributed by atoms with Crippen LogP contribution in [-0.4, -0.2) is 19.7 Å². The average molecular weight is 255 g/mol. The molecule has 16 heavy (non-hydrogen) atoms. The van der Waals surface area contributed by atoms with E-state index in [2.05, 4.69) is 9.17 Å². The molecule has 0 aliphatic carbocycles. The van der Waals surface area contributed by atoms with Gasteiger partial charge in [-0.05, 0) is 17.7 Å². The van der Waals surface area contributed by atoms with Crippen LogP contribution >= 0.6 is 0 Å². The molecule has 1 heterocycles. The molecule has 0 radical (unpaired) electrons. The van der Waals surface area contributed by atoms with Crippen LogP contribution in [0.25, 0.3) is 0 Å². The third-order valence-corrected chi connectivity index (χ3v) is 2.10. The number of nitrogens with zero attached hydrogens (tertiary/aromatic N) is 1. The first-order chi connectivity index (χ1) is 7.18. The summed E-state index contributed by atoms with van der Waals surface area (Å²) in [4.78, 5) is 3.13. The largest absolute Gasteiger partial charge is 0.433 e. The van der Waals surface area contributed by atoms with Crippen molar-refractivity contribution in [3.8, 4) is 0 Å². The lowest BCUT2D eigenvalue weighted by molar-refractivity contribution is -0.141. The Morgan fingerprint density at radius 1 is 1.44 bits per heavy atom. The molecule has 0 N–H and O–H groups in total. The fourth-order valence-corrected chi connectivity index (χ4v) is 1.24. The maximum absolute atomic E-state index is 12.2. The molecule has 0 bridgehead atoms. The molecule has 0 aliphatic heterocycles. The second-order valence-corrected chi connectivity index (χ2v) is 4.66.